The van der Waals surface area contributed by atoms with Crippen molar-refractivity contribution in [3.8, 4) is 0 Å². The van der Waals surface area contributed by atoms with Gasteiger partial charge in [-0.2, -0.15) is 5.10 Å². The van der Waals surface area contributed by atoms with Gasteiger partial charge >= 0.3 is 0 Å². The molecule has 0 saturated carbocycles. The molecule has 0 radical (unpaired) electrons. The Morgan fingerprint density at radius 3 is 2.61 bits per heavy atom. The Balaban J connectivity index is 2.15. The predicted molar refractivity (Wildman–Crippen MR) is 77.0 cm³/mol. The minimum absolute atomic E-state index is 0.0718. The lowest BCUT2D eigenvalue weighted by Crippen LogP contribution is -2.14. The van der Waals surface area contributed by atoms with E-state index < -0.39 is 0 Å². The fourth-order valence-electron chi connectivity index (χ4n) is 2.05. The molecule has 1 unspecified atom stereocenters. The molecule has 2 rings (SSSR count). The molecule has 2 aromatic heterocycles. The molecule has 0 amide bonds. The molecule has 98 valence electrons. The maximum atomic E-state index is 6.30. The molecule has 0 spiro atoms. The van der Waals surface area contributed by atoms with E-state index in [1.54, 1.807) is 11.3 Å². The Hall–Kier alpha value is -1.13. The van der Waals surface area contributed by atoms with E-state index in [1.165, 1.54) is 21.0 Å². The number of nitrogens with two attached hydrogens (primary N) is 1. The molecule has 2 heterocycles. The van der Waals surface area contributed by atoms with Crippen LogP contribution in [0, 0.1) is 13.8 Å². The number of hydrogen-bond donors (Lipinski definition) is 1. The topological polar surface area (TPSA) is 43.8 Å². The second-order valence-corrected chi connectivity index (χ2v) is 6.09. The molecule has 1 atom stereocenters. The summed E-state index contributed by atoms with van der Waals surface area (Å²) in [4.78, 5) is 2.63. The second kappa shape index (κ2) is 5.24. The number of aryl methyl sites for hydroxylation is 4. The van der Waals surface area contributed by atoms with Gasteiger partial charge in [-0.25, -0.2) is 0 Å². The lowest BCUT2D eigenvalue weighted by molar-refractivity contribution is 0.644. The Kier molecular flexibility index (Phi) is 3.88. The number of thiophene rings is 1. The van der Waals surface area contributed by atoms with Crippen molar-refractivity contribution in [1.82, 2.24) is 9.78 Å². The highest BCUT2D eigenvalue weighted by Crippen LogP contribution is 2.27. The Labute approximate surface area is 113 Å². The maximum Gasteiger partial charge on any atom is 0.0624 e. The summed E-state index contributed by atoms with van der Waals surface area (Å²) in [5.74, 6) is 0. The minimum Gasteiger partial charge on any atom is -0.323 e. The molecule has 4 heteroatoms. The zero-order chi connectivity index (χ0) is 13.3. The van der Waals surface area contributed by atoms with Gasteiger partial charge in [-0.05, 0) is 38.0 Å². The summed E-state index contributed by atoms with van der Waals surface area (Å²) in [7, 11) is 1.99. The van der Waals surface area contributed by atoms with Gasteiger partial charge < -0.3 is 5.73 Å². The van der Waals surface area contributed by atoms with Crippen LogP contribution in [0.1, 0.15) is 39.7 Å². The largest absolute Gasteiger partial charge is 0.323 e. The van der Waals surface area contributed by atoms with Gasteiger partial charge in [-0.3, -0.25) is 4.68 Å². The summed E-state index contributed by atoms with van der Waals surface area (Å²) in [5.41, 5.74) is 9.98. The van der Waals surface area contributed by atoms with Gasteiger partial charge in [0.2, 0.25) is 0 Å². The van der Waals surface area contributed by atoms with E-state index in [1.807, 2.05) is 11.7 Å². The highest BCUT2D eigenvalue weighted by Gasteiger charge is 2.14. The van der Waals surface area contributed by atoms with Crippen LogP contribution in [0.2, 0.25) is 0 Å². The number of hydrogen-bond acceptors (Lipinski definition) is 3. The molecule has 0 bridgehead atoms. The molecule has 2 aromatic rings. The van der Waals surface area contributed by atoms with Crippen molar-refractivity contribution in [1.29, 1.82) is 0 Å². The van der Waals surface area contributed by atoms with Crippen molar-refractivity contribution in [3.05, 3.63) is 38.8 Å². The average molecular weight is 263 g/mol. The summed E-state index contributed by atoms with van der Waals surface area (Å²) in [5, 5.41) is 4.46. The van der Waals surface area contributed by atoms with Crippen LogP contribution in [0.15, 0.2) is 12.1 Å². The van der Waals surface area contributed by atoms with E-state index in [0.29, 0.717) is 0 Å². The fourth-order valence-corrected chi connectivity index (χ4v) is 3.09. The van der Waals surface area contributed by atoms with E-state index in [4.69, 9.17) is 5.73 Å². The minimum atomic E-state index is 0.0718. The zero-order valence-corrected chi connectivity index (χ0v) is 12.3. The predicted octanol–water partition coefficient (Wildman–Crippen LogP) is 2.90. The summed E-state index contributed by atoms with van der Waals surface area (Å²) < 4.78 is 1.95. The Bertz CT molecular complexity index is 520. The summed E-state index contributed by atoms with van der Waals surface area (Å²) >= 11 is 1.81. The first-order valence-corrected chi connectivity index (χ1v) is 7.17. The first-order valence-electron chi connectivity index (χ1n) is 6.35. The van der Waals surface area contributed by atoms with Crippen LogP contribution in [0.5, 0.6) is 0 Å². The summed E-state index contributed by atoms with van der Waals surface area (Å²) in [6, 6.07) is 4.44. The van der Waals surface area contributed by atoms with E-state index >= 15 is 0 Å². The van der Waals surface area contributed by atoms with Crippen LogP contribution in [0.25, 0.3) is 0 Å². The highest BCUT2D eigenvalue weighted by atomic mass is 32.1. The van der Waals surface area contributed by atoms with Crippen molar-refractivity contribution < 1.29 is 0 Å². The van der Waals surface area contributed by atoms with Crippen molar-refractivity contribution >= 4 is 11.3 Å². The first-order chi connectivity index (χ1) is 8.51. The lowest BCUT2D eigenvalue weighted by Gasteiger charge is -2.09. The van der Waals surface area contributed by atoms with Crippen LogP contribution in [-0.4, -0.2) is 9.78 Å². The van der Waals surface area contributed by atoms with Gasteiger partial charge in [0.15, 0.2) is 0 Å². The molecule has 2 N–H and O–H groups in total. The molecule has 0 aromatic carbocycles. The maximum absolute atomic E-state index is 6.30. The van der Waals surface area contributed by atoms with Gasteiger partial charge in [0, 0.05) is 35.0 Å². The number of nitrogens with zero attached hydrogens (tertiary/aromatic N) is 2. The van der Waals surface area contributed by atoms with Crippen molar-refractivity contribution in [2.75, 3.05) is 0 Å². The van der Waals surface area contributed by atoms with Crippen LogP contribution < -0.4 is 5.73 Å². The van der Waals surface area contributed by atoms with Crippen LogP contribution >= 0.6 is 11.3 Å². The molecule has 0 aliphatic heterocycles. The van der Waals surface area contributed by atoms with Gasteiger partial charge in [0.05, 0.1) is 5.69 Å². The fraction of sp³-hybridized carbons (Fsp3) is 0.500. The third kappa shape index (κ3) is 2.65. The highest BCUT2D eigenvalue weighted by molar-refractivity contribution is 7.12. The van der Waals surface area contributed by atoms with Crippen LogP contribution in [0.3, 0.4) is 0 Å². The monoisotopic (exact) mass is 263 g/mol. The van der Waals surface area contributed by atoms with Crippen molar-refractivity contribution in [2.24, 2.45) is 12.8 Å². The lowest BCUT2D eigenvalue weighted by atomic mass is 10.1. The van der Waals surface area contributed by atoms with Gasteiger partial charge in [-0.1, -0.05) is 6.92 Å². The molecule has 0 aliphatic carbocycles. The Morgan fingerprint density at radius 2 is 2.11 bits per heavy atom. The molecule has 0 aliphatic rings. The van der Waals surface area contributed by atoms with E-state index in [2.05, 4.69) is 38.0 Å². The van der Waals surface area contributed by atoms with Gasteiger partial charge in [0.25, 0.3) is 0 Å². The molecular weight excluding hydrogens is 242 g/mol. The Morgan fingerprint density at radius 1 is 1.39 bits per heavy atom. The molecule has 18 heavy (non-hydrogen) atoms. The zero-order valence-electron chi connectivity index (χ0n) is 11.5. The quantitative estimate of drug-likeness (QED) is 0.921. The standard InChI is InChI=1S/C14H21N3S/c1-5-11-7-12(17(4)16-11)8-13(15)14-6-9(2)10(3)18-14/h6-7,13H,5,8,15H2,1-4H3. The molecule has 0 saturated heterocycles. The van der Waals surface area contributed by atoms with Gasteiger partial charge in [0.1, 0.15) is 0 Å². The van der Waals surface area contributed by atoms with Crippen molar-refractivity contribution in [3.63, 3.8) is 0 Å². The van der Waals surface area contributed by atoms with Crippen LogP contribution in [0.4, 0.5) is 0 Å². The smallest absolute Gasteiger partial charge is 0.0624 e. The second-order valence-electron chi connectivity index (χ2n) is 4.80. The van der Waals surface area contributed by atoms with Gasteiger partial charge in [-0.15, -0.1) is 11.3 Å². The van der Waals surface area contributed by atoms with E-state index in [0.717, 1.165) is 18.5 Å². The third-order valence-electron chi connectivity index (χ3n) is 3.37. The SMILES string of the molecule is CCc1cc(CC(N)c2cc(C)c(C)s2)n(C)n1. The average Bonchev–Trinajstić information content (AvgIpc) is 2.84. The number of rotatable bonds is 4. The first kappa shape index (κ1) is 13.3. The van der Waals surface area contributed by atoms with Crippen LogP contribution in [-0.2, 0) is 19.9 Å². The molecule has 0 fully saturated rings. The molecule has 3 nitrogen and oxygen atoms in total. The van der Waals surface area contributed by atoms with E-state index in [9.17, 15) is 0 Å². The number of aromatic nitrogens is 2. The summed E-state index contributed by atoms with van der Waals surface area (Å²) in [6.45, 7) is 6.41. The normalized spacial score (nSPS) is 12.9. The summed E-state index contributed by atoms with van der Waals surface area (Å²) in [6.07, 6.45) is 1.82. The van der Waals surface area contributed by atoms with Crippen molar-refractivity contribution in [2.45, 2.75) is 39.7 Å². The molecular formula is C14H21N3S. The van der Waals surface area contributed by atoms with E-state index in [-0.39, 0.29) is 6.04 Å². The third-order valence-corrected chi connectivity index (χ3v) is 4.65.